The molecular formula is C29H32N2O5. The Balaban J connectivity index is 1.57. The van der Waals surface area contributed by atoms with Gasteiger partial charge in [-0.15, -0.1) is 0 Å². The zero-order valence-corrected chi connectivity index (χ0v) is 20.7. The van der Waals surface area contributed by atoms with Crippen LogP contribution in [0.4, 0.5) is 17.1 Å². The molecule has 0 aliphatic carbocycles. The second-order valence-corrected chi connectivity index (χ2v) is 9.11. The van der Waals surface area contributed by atoms with Crippen LogP contribution in [0.3, 0.4) is 0 Å². The maximum atomic E-state index is 11.7. The number of rotatable bonds is 11. The summed E-state index contributed by atoms with van der Waals surface area (Å²) in [5, 5.41) is 22.1. The van der Waals surface area contributed by atoms with E-state index in [0.29, 0.717) is 17.9 Å². The van der Waals surface area contributed by atoms with Gasteiger partial charge >= 0.3 is 11.9 Å². The zero-order chi connectivity index (χ0) is 25.7. The fourth-order valence-electron chi connectivity index (χ4n) is 4.40. The molecule has 0 radical (unpaired) electrons. The van der Waals surface area contributed by atoms with Gasteiger partial charge in [-0.3, -0.25) is 0 Å². The number of unbranched alkanes of at least 4 members (excludes halogenated alkanes) is 2. The van der Waals surface area contributed by atoms with E-state index in [9.17, 15) is 19.8 Å². The summed E-state index contributed by atoms with van der Waals surface area (Å²) in [5.74, 6) is -1.73. The van der Waals surface area contributed by atoms with Gasteiger partial charge in [0.2, 0.25) is 0 Å². The third-order valence-corrected chi connectivity index (χ3v) is 6.35. The Morgan fingerprint density at radius 1 is 0.861 bits per heavy atom. The fraction of sp³-hybridized carbons (Fsp3) is 0.310. The number of carbonyl (C=O) groups is 2. The molecule has 0 atom stereocenters. The molecule has 0 aromatic heterocycles. The molecular weight excluding hydrogens is 456 g/mol. The Labute approximate surface area is 211 Å². The Kier molecular flexibility index (Phi) is 7.78. The van der Waals surface area contributed by atoms with Crippen molar-refractivity contribution in [3.05, 3.63) is 76.9 Å². The molecule has 0 saturated heterocycles. The van der Waals surface area contributed by atoms with Gasteiger partial charge in [-0.2, -0.15) is 0 Å². The van der Waals surface area contributed by atoms with Gasteiger partial charge in [-0.25, -0.2) is 9.59 Å². The maximum absolute atomic E-state index is 11.7. The van der Waals surface area contributed by atoms with Gasteiger partial charge < -0.3 is 25.2 Å². The molecule has 0 unspecified atom stereocenters. The number of anilines is 3. The highest BCUT2D eigenvalue weighted by Gasteiger charge is 2.25. The van der Waals surface area contributed by atoms with Crippen molar-refractivity contribution in [3.63, 3.8) is 0 Å². The lowest BCUT2D eigenvalue weighted by atomic mass is 10.0. The van der Waals surface area contributed by atoms with Gasteiger partial charge in [0.1, 0.15) is 0 Å². The number of carboxylic acid groups (broad SMARTS) is 2. The highest BCUT2D eigenvalue weighted by Crippen LogP contribution is 2.44. The van der Waals surface area contributed by atoms with E-state index in [2.05, 4.69) is 48.3 Å². The summed E-state index contributed by atoms with van der Waals surface area (Å²) in [5.41, 5.74) is 4.07. The molecule has 1 aliphatic rings. The van der Waals surface area contributed by atoms with Crippen LogP contribution in [-0.4, -0.2) is 35.2 Å². The minimum Gasteiger partial charge on any atom is -0.478 e. The van der Waals surface area contributed by atoms with Crippen LogP contribution in [0.1, 0.15) is 71.4 Å². The van der Waals surface area contributed by atoms with Crippen molar-refractivity contribution in [1.29, 1.82) is 0 Å². The van der Waals surface area contributed by atoms with Crippen LogP contribution in [0.15, 0.2) is 54.6 Å². The van der Waals surface area contributed by atoms with Crippen LogP contribution < -0.4 is 15.0 Å². The van der Waals surface area contributed by atoms with Gasteiger partial charge in [0.05, 0.1) is 22.5 Å². The fourth-order valence-corrected chi connectivity index (χ4v) is 4.40. The van der Waals surface area contributed by atoms with Crippen LogP contribution >= 0.6 is 0 Å². The molecule has 0 fully saturated rings. The van der Waals surface area contributed by atoms with Crippen LogP contribution in [-0.2, 0) is 6.42 Å². The molecule has 3 aromatic rings. The van der Waals surface area contributed by atoms with Crippen LogP contribution in [0.5, 0.6) is 11.5 Å². The quantitative estimate of drug-likeness (QED) is 0.210. The smallest absolute Gasteiger partial charge is 0.337 e. The lowest BCUT2D eigenvalue weighted by Gasteiger charge is -2.25. The van der Waals surface area contributed by atoms with Gasteiger partial charge in [-0.1, -0.05) is 44.9 Å². The molecule has 4 rings (SSSR count). The first-order valence-corrected chi connectivity index (χ1v) is 12.5. The summed E-state index contributed by atoms with van der Waals surface area (Å²) < 4.78 is 5.99. The molecule has 0 bridgehead atoms. The second-order valence-electron chi connectivity index (χ2n) is 9.11. The van der Waals surface area contributed by atoms with Crippen molar-refractivity contribution in [1.82, 2.24) is 0 Å². The van der Waals surface area contributed by atoms with Crippen molar-refractivity contribution < 1.29 is 24.5 Å². The molecule has 1 heterocycles. The lowest BCUT2D eigenvalue weighted by Crippen LogP contribution is -2.25. The van der Waals surface area contributed by atoms with E-state index in [0.717, 1.165) is 50.4 Å². The van der Waals surface area contributed by atoms with E-state index in [4.69, 9.17) is 4.74 Å². The zero-order valence-electron chi connectivity index (χ0n) is 20.7. The first-order valence-electron chi connectivity index (χ1n) is 12.5. The summed E-state index contributed by atoms with van der Waals surface area (Å²) >= 11 is 0. The highest BCUT2D eigenvalue weighted by atomic mass is 16.5. The molecule has 7 nitrogen and oxygen atoms in total. The number of hydrogen-bond acceptors (Lipinski definition) is 5. The molecule has 36 heavy (non-hydrogen) atoms. The topological polar surface area (TPSA) is 99.1 Å². The minimum absolute atomic E-state index is 0.139. The van der Waals surface area contributed by atoms with Crippen LogP contribution in [0.2, 0.25) is 0 Å². The largest absolute Gasteiger partial charge is 0.478 e. The Morgan fingerprint density at radius 3 is 2.25 bits per heavy atom. The van der Waals surface area contributed by atoms with E-state index in [1.807, 2.05) is 18.2 Å². The standard InChI is InChI=1S/C29H32N2O5/c1-3-5-12-31(13-6-4-2)22-9-7-8-19(15-22)14-20-10-11-24-25(16-20)36-26-18-21(28(32)33)17-23(29(34)35)27(26)30-24/h7-11,15-18,30H,3-6,12-14H2,1-2H3,(H,32,33)(H,34,35). The van der Waals surface area contributed by atoms with Gasteiger partial charge in [0.15, 0.2) is 11.5 Å². The van der Waals surface area contributed by atoms with E-state index in [1.165, 1.54) is 17.3 Å². The van der Waals surface area contributed by atoms with Crippen LogP contribution in [0, 0.1) is 0 Å². The number of nitrogens with one attached hydrogen (secondary N) is 1. The Morgan fingerprint density at radius 2 is 1.58 bits per heavy atom. The number of hydrogen-bond donors (Lipinski definition) is 3. The summed E-state index contributed by atoms with van der Waals surface area (Å²) in [4.78, 5) is 25.7. The first kappa shape index (κ1) is 25.1. The number of carboxylic acids is 2. The third-order valence-electron chi connectivity index (χ3n) is 6.35. The van der Waals surface area contributed by atoms with E-state index in [1.54, 1.807) is 0 Å². The van der Waals surface area contributed by atoms with Crippen molar-refractivity contribution in [3.8, 4) is 11.5 Å². The second kappa shape index (κ2) is 11.2. The number of ether oxygens (including phenoxy) is 1. The highest BCUT2D eigenvalue weighted by molar-refractivity contribution is 6.02. The molecule has 0 amide bonds. The van der Waals surface area contributed by atoms with Gasteiger partial charge in [-0.05, 0) is 66.8 Å². The van der Waals surface area contributed by atoms with E-state index >= 15 is 0 Å². The lowest BCUT2D eigenvalue weighted by molar-refractivity contribution is 0.0696. The molecule has 188 valence electrons. The molecule has 0 spiro atoms. The van der Waals surface area contributed by atoms with Gasteiger partial charge in [0, 0.05) is 18.8 Å². The molecule has 1 aliphatic heterocycles. The van der Waals surface area contributed by atoms with Crippen molar-refractivity contribution >= 4 is 29.0 Å². The normalized spacial score (nSPS) is 11.6. The predicted molar refractivity (Wildman–Crippen MR) is 141 cm³/mol. The number of aromatic carboxylic acids is 2. The summed E-state index contributed by atoms with van der Waals surface area (Å²) in [6.07, 6.45) is 5.37. The Bertz CT molecular complexity index is 1260. The molecule has 0 saturated carbocycles. The monoisotopic (exact) mass is 488 g/mol. The maximum Gasteiger partial charge on any atom is 0.337 e. The van der Waals surface area contributed by atoms with Crippen molar-refractivity contribution in [2.45, 2.75) is 46.0 Å². The molecule has 7 heteroatoms. The van der Waals surface area contributed by atoms with Crippen LogP contribution in [0.25, 0.3) is 0 Å². The van der Waals surface area contributed by atoms with Crippen molar-refractivity contribution in [2.75, 3.05) is 23.3 Å². The molecule has 3 N–H and O–H groups in total. The molecule has 3 aromatic carbocycles. The van der Waals surface area contributed by atoms with E-state index < -0.39 is 11.9 Å². The summed E-state index contributed by atoms with van der Waals surface area (Å²) in [7, 11) is 0. The first-order chi connectivity index (χ1) is 17.4. The van der Waals surface area contributed by atoms with Gasteiger partial charge in [0.25, 0.3) is 0 Å². The summed E-state index contributed by atoms with van der Waals surface area (Å²) in [6.45, 7) is 6.53. The SMILES string of the molecule is CCCCN(CCCC)c1cccc(Cc2ccc3c(c2)Oc2cc(C(=O)O)cc(C(=O)O)c2N3)c1. The van der Waals surface area contributed by atoms with E-state index in [-0.39, 0.29) is 22.6 Å². The Hall–Kier alpha value is -4.00. The average Bonchev–Trinajstić information content (AvgIpc) is 2.87. The average molecular weight is 489 g/mol. The minimum atomic E-state index is -1.22. The van der Waals surface area contributed by atoms with Crippen molar-refractivity contribution in [2.24, 2.45) is 0 Å². The number of fused-ring (bicyclic) bond motifs is 2. The number of benzene rings is 3. The summed E-state index contributed by atoms with van der Waals surface area (Å²) in [6, 6.07) is 16.9. The predicted octanol–water partition coefficient (Wildman–Crippen LogP) is 6.93. The third kappa shape index (κ3) is 5.62. The number of nitrogens with zero attached hydrogens (tertiary/aromatic N) is 1.